The van der Waals surface area contributed by atoms with E-state index in [0.717, 1.165) is 5.75 Å². The molecule has 88 valence electrons. The zero-order chi connectivity index (χ0) is 11.9. The summed E-state index contributed by atoms with van der Waals surface area (Å²) in [6, 6.07) is 7.85. The molecule has 0 bridgehead atoms. The molecule has 0 fully saturated rings. The van der Waals surface area contributed by atoms with Gasteiger partial charge in [-0.1, -0.05) is 39.8 Å². The van der Waals surface area contributed by atoms with Crippen molar-refractivity contribution in [2.24, 2.45) is 0 Å². The Kier molecular flexibility index (Phi) is 2.87. The molecular weight excluding hydrogens is 212 g/mol. The molecule has 1 nitrogen and oxygen atoms in total. The largest absolute Gasteiger partial charge is 0.542 e. The highest BCUT2D eigenvalue weighted by Gasteiger charge is 2.48. The van der Waals surface area contributed by atoms with Crippen LogP contribution in [0.2, 0.25) is 11.1 Å². The minimum Gasteiger partial charge on any atom is -0.542 e. The Bertz CT molecular complexity index is 388. The summed E-state index contributed by atoms with van der Waals surface area (Å²) in [5.74, 6) is 1.16. The van der Waals surface area contributed by atoms with Crippen molar-refractivity contribution >= 4 is 8.32 Å². The lowest BCUT2D eigenvalue weighted by Gasteiger charge is -2.33. The molecule has 2 rings (SSSR count). The highest BCUT2D eigenvalue weighted by Crippen LogP contribution is 2.44. The standard InChI is InChI=1S/C14H22OSi/c1-10(2)16(11(3)4)9-13-7-6-12(5)8-14(13)15-16/h6-8,10-11H,9H2,1-5H3. The van der Waals surface area contributed by atoms with E-state index in [9.17, 15) is 0 Å². The Balaban J connectivity index is 2.39. The highest BCUT2D eigenvalue weighted by molar-refractivity contribution is 6.77. The van der Waals surface area contributed by atoms with E-state index < -0.39 is 8.32 Å². The summed E-state index contributed by atoms with van der Waals surface area (Å²) in [7, 11) is -1.61. The number of hydrogen-bond acceptors (Lipinski definition) is 1. The van der Waals surface area contributed by atoms with Gasteiger partial charge in [0.25, 0.3) is 8.32 Å². The van der Waals surface area contributed by atoms with E-state index in [0.29, 0.717) is 11.1 Å². The van der Waals surface area contributed by atoms with Crippen LogP contribution < -0.4 is 4.43 Å². The van der Waals surface area contributed by atoms with Gasteiger partial charge in [-0.15, -0.1) is 0 Å². The topological polar surface area (TPSA) is 9.23 Å². The molecule has 1 aromatic rings. The SMILES string of the molecule is Cc1ccc2c(c1)O[Si](C(C)C)(C(C)C)C2. The van der Waals surface area contributed by atoms with Crippen LogP contribution in [-0.2, 0) is 6.04 Å². The molecule has 0 spiro atoms. The van der Waals surface area contributed by atoms with Gasteiger partial charge >= 0.3 is 0 Å². The Labute approximate surface area is 100.0 Å². The van der Waals surface area contributed by atoms with Gasteiger partial charge in [0.2, 0.25) is 0 Å². The zero-order valence-corrected chi connectivity index (χ0v) is 12.0. The number of rotatable bonds is 2. The molecule has 1 heterocycles. The second-order valence-corrected chi connectivity index (χ2v) is 10.4. The van der Waals surface area contributed by atoms with Crippen molar-refractivity contribution in [3.8, 4) is 5.75 Å². The fourth-order valence-electron chi connectivity index (χ4n) is 2.75. The van der Waals surface area contributed by atoms with Gasteiger partial charge in [0.05, 0.1) is 0 Å². The third-order valence-electron chi connectivity index (χ3n) is 3.94. The normalized spacial score (nSPS) is 17.7. The minimum absolute atomic E-state index is 0.681. The Morgan fingerprint density at radius 1 is 1.12 bits per heavy atom. The van der Waals surface area contributed by atoms with E-state index in [2.05, 4.69) is 52.8 Å². The molecular formula is C14H22OSi. The Morgan fingerprint density at radius 2 is 1.75 bits per heavy atom. The molecule has 0 unspecified atom stereocenters. The molecule has 0 N–H and O–H groups in total. The molecule has 0 saturated carbocycles. The van der Waals surface area contributed by atoms with Crippen LogP contribution in [0, 0.1) is 6.92 Å². The van der Waals surface area contributed by atoms with Crippen molar-refractivity contribution in [2.75, 3.05) is 0 Å². The molecule has 0 amide bonds. The first kappa shape index (κ1) is 11.7. The van der Waals surface area contributed by atoms with E-state index in [1.54, 1.807) is 0 Å². The monoisotopic (exact) mass is 234 g/mol. The predicted molar refractivity (Wildman–Crippen MR) is 71.5 cm³/mol. The van der Waals surface area contributed by atoms with Crippen LogP contribution >= 0.6 is 0 Å². The predicted octanol–water partition coefficient (Wildman–Crippen LogP) is 4.23. The second-order valence-electron chi connectivity index (χ2n) is 5.65. The fraction of sp³-hybridized carbons (Fsp3) is 0.571. The van der Waals surface area contributed by atoms with Crippen molar-refractivity contribution in [3.05, 3.63) is 29.3 Å². The Morgan fingerprint density at radius 3 is 2.31 bits per heavy atom. The maximum Gasteiger partial charge on any atom is 0.260 e. The first-order chi connectivity index (χ1) is 7.45. The summed E-state index contributed by atoms with van der Waals surface area (Å²) < 4.78 is 6.44. The first-order valence-electron chi connectivity index (χ1n) is 6.24. The van der Waals surface area contributed by atoms with Gasteiger partial charge < -0.3 is 4.43 Å². The van der Waals surface area contributed by atoms with Crippen molar-refractivity contribution in [1.82, 2.24) is 0 Å². The highest BCUT2D eigenvalue weighted by atomic mass is 28.4. The summed E-state index contributed by atoms with van der Waals surface area (Å²) in [6.45, 7) is 11.4. The molecule has 1 aliphatic rings. The molecule has 0 radical (unpaired) electrons. The molecule has 0 aromatic heterocycles. The molecule has 0 atom stereocenters. The van der Waals surface area contributed by atoms with Gasteiger partial charge in [-0.2, -0.15) is 0 Å². The third-order valence-corrected chi connectivity index (χ3v) is 9.39. The van der Waals surface area contributed by atoms with Crippen LogP contribution in [-0.4, -0.2) is 8.32 Å². The van der Waals surface area contributed by atoms with E-state index in [1.165, 1.54) is 17.2 Å². The van der Waals surface area contributed by atoms with E-state index >= 15 is 0 Å². The van der Waals surface area contributed by atoms with Crippen molar-refractivity contribution in [3.63, 3.8) is 0 Å². The zero-order valence-electron chi connectivity index (χ0n) is 11.0. The van der Waals surface area contributed by atoms with Crippen LogP contribution in [0.3, 0.4) is 0 Å². The smallest absolute Gasteiger partial charge is 0.260 e. The Hall–Kier alpha value is -0.763. The van der Waals surface area contributed by atoms with Gasteiger partial charge in [0, 0.05) is 6.04 Å². The minimum atomic E-state index is -1.61. The lowest BCUT2D eigenvalue weighted by molar-refractivity contribution is 0.520. The summed E-state index contributed by atoms with van der Waals surface area (Å²) in [6.07, 6.45) is 0. The van der Waals surface area contributed by atoms with E-state index in [1.807, 2.05) is 0 Å². The molecule has 0 aliphatic carbocycles. The average Bonchev–Trinajstić information content (AvgIpc) is 2.57. The molecule has 0 saturated heterocycles. The lowest BCUT2D eigenvalue weighted by Crippen LogP contribution is -2.47. The molecule has 1 aliphatic heterocycles. The van der Waals surface area contributed by atoms with Crippen molar-refractivity contribution in [2.45, 2.75) is 51.7 Å². The first-order valence-corrected chi connectivity index (χ1v) is 8.51. The van der Waals surface area contributed by atoms with Crippen molar-refractivity contribution in [1.29, 1.82) is 0 Å². The summed E-state index contributed by atoms with van der Waals surface area (Å²) in [5.41, 5.74) is 4.09. The maximum atomic E-state index is 6.44. The summed E-state index contributed by atoms with van der Waals surface area (Å²) >= 11 is 0. The summed E-state index contributed by atoms with van der Waals surface area (Å²) in [5, 5.41) is 0. The third kappa shape index (κ3) is 1.69. The van der Waals surface area contributed by atoms with E-state index in [4.69, 9.17) is 4.43 Å². The number of aryl methyl sites for hydroxylation is 1. The van der Waals surface area contributed by atoms with Gasteiger partial charge in [-0.3, -0.25) is 0 Å². The molecule has 2 heteroatoms. The van der Waals surface area contributed by atoms with E-state index in [-0.39, 0.29) is 0 Å². The molecule has 1 aromatic carbocycles. The van der Waals surface area contributed by atoms with Gasteiger partial charge in [-0.05, 0) is 35.2 Å². The number of fused-ring (bicyclic) bond motifs is 1. The number of hydrogen-bond donors (Lipinski definition) is 0. The van der Waals surface area contributed by atoms with Crippen LogP contribution in [0.1, 0.15) is 38.8 Å². The van der Waals surface area contributed by atoms with Crippen LogP contribution in [0.15, 0.2) is 18.2 Å². The van der Waals surface area contributed by atoms with Gasteiger partial charge in [0.1, 0.15) is 5.75 Å². The molecule has 16 heavy (non-hydrogen) atoms. The second kappa shape index (κ2) is 3.92. The van der Waals surface area contributed by atoms with Gasteiger partial charge in [0.15, 0.2) is 0 Å². The van der Waals surface area contributed by atoms with Crippen LogP contribution in [0.5, 0.6) is 5.75 Å². The number of benzene rings is 1. The fourth-order valence-corrected chi connectivity index (χ4v) is 6.93. The quantitative estimate of drug-likeness (QED) is 0.696. The summed E-state index contributed by atoms with van der Waals surface area (Å²) in [4.78, 5) is 0. The lowest BCUT2D eigenvalue weighted by atomic mass is 10.1. The van der Waals surface area contributed by atoms with Gasteiger partial charge in [-0.25, -0.2) is 0 Å². The van der Waals surface area contributed by atoms with Crippen LogP contribution in [0.25, 0.3) is 0 Å². The average molecular weight is 234 g/mol. The van der Waals surface area contributed by atoms with Crippen molar-refractivity contribution < 1.29 is 4.43 Å². The van der Waals surface area contributed by atoms with Crippen LogP contribution in [0.4, 0.5) is 0 Å². The maximum absolute atomic E-state index is 6.44.